The van der Waals surface area contributed by atoms with Gasteiger partial charge in [-0.2, -0.15) is 0 Å². The molecule has 0 N–H and O–H groups in total. The Morgan fingerprint density at radius 3 is 2.41 bits per heavy atom. The van der Waals surface area contributed by atoms with Gasteiger partial charge >= 0.3 is 0 Å². The number of fused-ring (bicyclic) bond motifs is 3. The standard InChI is InChI=1S/C21H16O/c22-20-13-11-17(14-15-6-2-1-3-7-15)21-18-9-5-4-8-16(18)10-12-19(20)21/h1-10,12,14H,11,13H2/b17-14-. The van der Waals surface area contributed by atoms with Gasteiger partial charge in [-0.05, 0) is 33.9 Å². The van der Waals surface area contributed by atoms with E-state index in [1.165, 1.54) is 21.9 Å². The molecule has 0 radical (unpaired) electrons. The lowest BCUT2D eigenvalue weighted by molar-refractivity contribution is 0.0981. The van der Waals surface area contributed by atoms with Gasteiger partial charge in [-0.15, -0.1) is 0 Å². The lowest BCUT2D eigenvalue weighted by Crippen LogP contribution is -2.10. The lowest BCUT2D eigenvalue weighted by atomic mass is 9.82. The highest BCUT2D eigenvalue weighted by atomic mass is 16.1. The molecule has 3 aromatic rings. The van der Waals surface area contributed by atoms with E-state index in [0.717, 1.165) is 17.5 Å². The number of hydrogen-bond acceptors (Lipinski definition) is 1. The Morgan fingerprint density at radius 1 is 0.773 bits per heavy atom. The maximum Gasteiger partial charge on any atom is 0.163 e. The number of rotatable bonds is 1. The first-order valence-electron chi connectivity index (χ1n) is 7.64. The van der Waals surface area contributed by atoms with E-state index in [1.54, 1.807) is 0 Å². The smallest absolute Gasteiger partial charge is 0.163 e. The van der Waals surface area contributed by atoms with E-state index in [9.17, 15) is 4.79 Å². The van der Waals surface area contributed by atoms with Gasteiger partial charge in [0.25, 0.3) is 0 Å². The van der Waals surface area contributed by atoms with E-state index in [-0.39, 0.29) is 5.78 Å². The molecule has 0 unspecified atom stereocenters. The SMILES string of the molecule is O=C1CC/C(=C/c2ccccc2)c2c1ccc1ccccc21. The molecule has 3 aromatic carbocycles. The molecule has 0 saturated carbocycles. The van der Waals surface area contributed by atoms with Gasteiger partial charge in [0.15, 0.2) is 5.78 Å². The van der Waals surface area contributed by atoms with Gasteiger partial charge < -0.3 is 0 Å². The van der Waals surface area contributed by atoms with Crippen molar-refractivity contribution in [3.05, 3.63) is 83.4 Å². The Hall–Kier alpha value is -2.67. The Kier molecular flexibility index (Phi) is 3.12. The molecule has 0 saturated heterocycles. The third kappa shape index (κ3) is 2.15. The predicted octanol–water partition coefficient (Wildman–Crippen LogP) is 5.36. The van der Waals surface area contributed by atoms with Crippen LogP contribution >= 0.6 is 0 Å². The van der Waals surface area contributed by atoms with E-state index in [1.807, 2.05) is 36.4 Å². The first-order chi connectivity index (χ1) is 10.8. The van der Waals surface area contributed by atoms with Crippen LogP contribution in [0.1, 0.15) is 34.3 Å². The van der Waals surface area contributed by atoms with E-state index in [2.05, 4.69) is 36.4 Å². The normalized spacial score (nSPS) is 16.0. The summed E-state index contributed by atoms with van der Waals surface area (Å²) < 4.78 is 0. The summed E-state index contributed by atoms with van der Waals surface area (Å²) in [5.41, 5.74) is 4.44. The minimum Gasteiger partial charge on any atom is -0.294 e. The molecular formula is C21H16O. The second-order valence-corrected chi connectivity index (χ2v) is 5.71. The third-order valence-electron chi connectivity index (χ3n) is 4.31. The second kappa shape index (κ2) is 5.27. The fraction of sp³-hybridized carbons (Fsp3) is 0.0952. The Morgan fingerprint density at radius 2 is 1.55 bits per heavy atom. The molecule has 0 atom stereocenters. The van der Waals surface area contributed by atoms with E-state index in [0.29, 0.717) is 6.42 Å². The van der Waals surface area contributed by atoms with E-state index in [4.69, 9.17) is 0 Å². The van der Waals surface area contributed by atoms with Crippen LogP contribution < -0.4 is 0 Å². The van der Waals surface area contributed by atoms with Gasteiger partial charge in [0.1, 0.15) is 0 Å². The van der Waals surface area contributed by atoms with Crippen molar-refractivity contribution in [3.8, 4) is 0 Å². The van der Waals surface area contributed by atoms with Crippen molar-refractivity contribution in [2.75, 3.05) is 0 Å². The maximum absolute atomic E-state index is 12.3. The highest BCUT2D eigenvalue weighted by molar-refractivity contribution is 6.12. The molecule has 0 bridgehead atoms. The molecule has 1 aliphatic carbocycles. The zero-order chi connectivity index (χ0) is 14.9. The quantitative estimate of drug-likeness (QED) is 0.588. The van der Waals surface area contributed by atoms with Crippen LogP contribution in [0.5, 0.6) is 0 Å². The van der Waals surface area contributed by atoms with Crippen LogP contribution in [0.2, 0.25) is 0 Å². The monoisotopic (exact) mass is 284 g/mol. The number of allylic oxidation sites excluding steroid dienone is 1. The summed E-state index contributed by atoms with van der Waals surface area (Å²) in [7, 11) is 0. The second-order valence-electron chi connectivity index (χ2n) is 5.71. The molecule has 106 valence electrons. The average molecular weight is 284 g/mol. The van der Waals surface area contributed by atoms with Crippen LogP contribution in [0, 0.1) is 0 Å². The third-order valence-corrected chi connectivity index (χ3v) is 4.31. The molecule has 0 spiro atoms. The summed E-state index contributed by atoms with van der Waals surface area (Å²) in [4.78, 5) is 12.3. The van der Waals surface area contributed by atoms with Crippen LogP contribution in [0.15, 0.2) is 66.7 Å². The van der Waals surface area contributed by atoms with Crippen LogP contribution in [0.25, 0.3) is 22.4 Å². The van der Waals surface area contributed by atoms with Crippen LogP contribution in [-0.4, -0.2) is 5.78 Å². The van der Waals surface area contributed by atoms with Crippen molar-refractivity contribution >= 4 is 28.2 Å². The zero-order valence-corrected chi connectivity index (χ0v) is 12.3. The molecule has 1 aliphatic rings. The van der Waals surface area contributed by atoms with Crippen LogP contribution in [0.3, 0.4) is 0 Å². The molecule has 0 heterocycles. The number of hydrogen-bond donors (Lipinski definition) is 0. The van der Waals surface area contributed by atoms with Crippen molar-refractivity contribution in [1.29, 1.82) is 0 Å². The first-order valence-corrected chi connectivity index (χ1v) is 7.64. The molecular weight excluding hydrogens is 268 g/mol. The van der Waals surface area contributed by atoms with Crippen molar-refractivity contribution in [1.82, 2.24) is 0 Å². The summed E-state index contributed by atoms with van der Waals surface area (Å²) in [6.07, 6.45) is 3.64. The molecule has 0 fully saturated rings. The largest absolute Gasteiger partial charge is 0.294 e. The van der Waals surface area contributed by atoms with E-state index < -0.39 is 0 Å². The number of carbonyl (C=O) groups excluding carboxylic acids is 1. The number of carbonyl (C=O) groups is 1. The van der Waals surface area contributed by atoms with E-state index >= 15 is 0 Å². The summed E-state index contributed by atoms with van der Waals surface area (Å²) >= 11 is 0. The Bertz CT molecular complexity index is 888. The molecule has 0 aromatic heterocycles. The molecule has 4 rings (SSSR count). The highest BCUT2D eigenvalue weighted by Crippen LogP contribution is 2.37. The number of ketones is 1. The molecule has 1 heteroatoms. The summed E-state index contributed by atoms with van der Waals surface area (Å²) in [5, 5.41) is 2.37. The summed E-state index contributed by atoms with van der Waals surface area (Å²) in [6, 6.07) is 22.7. The molecule has 1 nitrogen and oxygen atoms in total. The first kappa shape index (κ1) is 13.0. The van der Waals surface area contributed by atoms with Crippen molar-refractivity contribution < 1.29 is 4.79 Å². The molecule has 0 amide bonds. The minimum atomic E-state index is 0.256. The topological polar surface area (TPSA) is 17.1 Å². The molecule has 22 heavy (non-hydrogen) atoms. The highest BCUT2D eigenvalue weighted by Gasteiger charge is 2.22. The Balaban J connectivity index is 1.99. The van der Waals surface area contributed by atoms with Gasteiger partial charge in [-0.25, -0.2) is 0 Å². The van der Waals surface area contributed by atoms with Crippen molar-refractivity contribution in [2.24, 2.45) is 0 Å². The van der Waals surface area contributed by atoms with Gasteiger partial charge in [0.05, 0.1) is 0 Å². The summed E-state index contributed by atoms with van der Waals surface area (Å²) in [5.74, 6) is 0.256. The van der Waals surface area contributed by atoms with Crippen LogP contribution in [-0.2, 0) is 0 Å². The maximum atomic E-state index is 12.3. The molecule has 0 aliphatic heterocycles. The average Bonchev–Trinajstić information content (AvgIpc) is 2.58. The fourth-order valence-electron chi connectivity index (χ4n) is 3.25. The fourth-order valence-corrected chi connectivity index (χ4v) is 3.25. The lowest BCUT2D eigenvalue weighted by Gasteiger charge is -2.20. The Labute approximate surface area is 129 Å². The van der Waals surface area contributed by atoms with Gasteiger partial charge in [0, 0.05) is 12.0 Å². The van der Waals surface area contributed by atoms with Gasteiger partial charge in [-0.1, -0.05) is 72.8 Å². The number of benzene rings is 3. The predicted molar refractivity (Wildman–Crippen MR) is 91.8 cm³/mol. The minimum absolute atomic E-state index is 0.256. The summed E-state index contributed by atoms with van der Waals surface area (Å²) in [6.45, 7) is 0. The van der Waals surface area contributed by atoms with Crippen molar-refractivity contribution in [3.63, 3.8) is 0 Å². The van der Waals surface area contributed by atoms with Gasteiger partial charge in [-0.3, -0.25) is 4.79 Å². The van der Waals surface area contributed by atoms with Crippen LogP contribution in [0.4, 0.5) is 0 Å². The zero-order valence-electron chi connectivity index (χ0n) is 12.3. The van der Waals surface area contributed by atoms with Crippen molar-refractivity contribution in [2.45, 2.75) is 12.8 Å². The number of Topliss-reactive ketones (excluding diaryl/α,β-unsaturated/α-hetero) is 1. The van der Waals surface area contributed by atoms with Gasteiger partial charge in [0.2, 0.25) is 0 Å².